The van der Waals surface area contributed by atoms with E-state index in [1.54, 1.807) is 6.92 Å². The van der Waals surface area contributed by atoms with Gasteiger partial charge in [0.2, 0.25) is 5.91 Å². The number of hydrogen-bond donors (Lipinski definition) is 2. The quantitative estimate of drug-likeness (QED) is 0.819. The van der Waals surface area contributed by atoms with Gasteiger partial charge in [0, 0.05) is 24.3 Å². The number of halogens is 1. The van der Waals surface area contributed by atoms with Gasteiger partial charge in [-0.05, 0) is 12.8 Å². The van der Waals surface area contributed by atoms with Crippen molar-refractivity contribution in [1.82, 2.24) is 10.3 Å². The predicted octanol–water partition coefficient (Wildman–Crippen LogP) is 1.30. The summed E-state index contributed by atoms with van der Waals surface area (Å²) in [6.07, 6.45) is 2.77. The topological polar surface area (TPSA) is 68.0 Å². The molecule has 3 N–H and O–H groups in total. The van der Waals surface area contributed by atoms with Gasteiger partial charge in [0.25, 0.3) is 0 Å². The molecule has 1 amide bonds. The van der Waals surface area contributed by atoms with E-state index in [1.807, 2.05) is 0 Å². The van der Waals surface area contributed by atoms with Crippen LogP contribution < -0.4 is 11.1 Å². The number of aromatic nitrogens is 1. The smallest absolute Gasteiger partial charge is 0.217 e. The van der Waals surface area contributed by atoms with Crippen LogP contribution in [0.3, 0.4) is 0 Å². The average Bonchev–Trinajstić information content (AvgIpc) is 2.42. The summed E-state index contributed by atoms with van der Waals surface area (Å²) in [4.78, 5) is 16.4. The van der Waals surface area contributed by atoms with E-state index in [9.17, 15) is 4.79 Å². The van der Waals surface area contributed by atoms with Crippen LogP contribution in [0.25, 0.3) is 0 Å². The monoisotopic (exact) mass is 291 g/mol. The molecule has 0 unspecified atom stereocenters. The van der Waals surface area contributed by atoms with Crippen LogP contribution in [0.5, 0.6) is 0 Å². The largest absolute Gasteiger partial charge is 0.375 e. The lowest BCUT2D eigenvalue weighted by Gasteiger charge is -2.21. The highest BCUT2D eigenvalue weighted by Gasteiger charge is 2.22. The summed E-state index contributed by atoms with van der Waals surface area (Å²) in [6.45, 7) is 1.55. The molecule has 1 heterocycles. The Balaban J connectivity index is 0.00000112. The van der Waals surface area contributed by atoms with E-state index in [-0.39, 0.29) is 28.9 Å². The van der Waals surface area contributed by atoms with Gasteiger partial charge in [0.15, 0.2) is 5.13 Å². The van der Waals surface area contributed by atoms with Crippen LogP contribution >= 0.6 is 28.3 Å². The van der Waals surface area contributed by atoms with Crippen LogP contribution in [-0.2, 0) is 17.6 Å². The number of anilines is 1. The van der Waals surface area contributed by atoms with E-state index in [0.717, 1.165) is 25.0 Å². The van der Waals surface area contributed by atoms with Gasteiger partial charge in [-0.15, -0.1) is 28.3 Å². The third-order valence-corrected chi connectivity index (χ3v) is 3.31. The van der Waals surface area contributed by atoms with Crippen molar-refractivity contribution in [2.45, 2.75) is 32.2 Å². The van der Waals surface area contributed by atoms with Crippen molar-refractivity contribution in [3.8, 4) is 0 Å². The zero-order valence-electron chi connectivity index (χ0n) is 8.45. The van der Waals surface area contributed by atoms with Crippen LogP contribution in [0.4, 0.5) is 5.13 Å². The Bertz CT molecular complexity index is 366. The number of thiazole rings is 1. The molecule has 15 heavy (non-hydrogen) atoms. The number of aryl methyl sites for hydroxylation is 1. The molecule has 1 aliphatic carbocycles. The van der Waals surface area contributed by atoms with Gasteiger partial charge in [-0.1, -0.05) is 0 Å². The highest BCUT2D eigenvalue weighted by Crippen LogP contribution is 2.27. The number of fused-ring (bicyclic) bond motifs is 1. The molecule has 1 aromatic heterocycles. The molecule has 0 aromatic carbocycles. The molecule has 84 valence electrons. The lowest BCUT2D eigenvalue weighted by molar-refractivity contribution is -0.119. The number of hydrogen-bond acceptors (Lipinski definition) is 4. The van der Waals surface area contributed by atoms with Gasteiger partial charge in [0.1, 0.15) is 0 Å². The summed E-state index contributed by atoms with van der Waals surface area (Å²) in [6, 6.07) is 0.264. The molecule has 0 fully saturated rings. The van der Waals surface area contributed by atoms with E-state index in [2.05, 4.69) is 10.3 Å². The van der Waals surface area contributed by atoms with E-state index in [4.69, 9.17) is 5.73 Å². The van der Waals surface area contributed by atoms with Gasteiger partial charge in [-0.3, -0.25) is 4.79 Å². The Morgan fingerprint density at radius 3 is 3.07 bits per heavy atom. The summed E-state index contributed by atoms with van der Waals surface area (Å²) in [5, 5.41) is 3.57. The SMILES string of the molecule is Br.CC(=O)N[C@H]1CCc2nc(N)sc2C1. The van der Waals surface area contributed by atoms with Gasteiger partial charge < -0.3 is 11.1 Å². The maximum Gasteiger partial charge on any atom is 0.217 e. The Morgan fingerprint density at radius 2 is 2.40 bits per heavy atom. The number of nitrogens with one attached hydrogen (secondary N) is 1. The number of nitrogens with zero attached hydrogens (tertiary/aromatic N) is 1. The first-order chi connectivity index (χ1) is 6.65. The summed E-state index contributed by atoms with van der Waals surface area (Å²) in [5.41, 5.74) is 6.74. The molecule has 1 aromatic rings. The van der Waals surface area contributed by atoms with Crippen molar-refractivity contribution in [3.63, 3.8) is 0 Å². The van der Waals surface area contributed by atoms with Crippen LogP contribution in [0.2, 0.25) is 0 Å². The Kier molecular flexibility index (Phi) is 4.10. The van der Waals surface area contributed by atoms with Crippen molar-refractivity contribution in [3.05, 3.63) is 10.6 Å². The number of nitrogen functional groups attached to an aromatic ring is 1. The lowest BCUT2D eigenvalue weighted by Crippen LogP contribution is -2.37. The molecule has 1 aliphatic rings. The minimum atomic E-state index is 0. The van der Waals surface area contributed by atoms with Gasteiger partial charge in [0.05, 0.1) is 5.69 Å². The zero-order valence-corrected chi connectivity index (χ0v) is 11.0. The molecule has 0 bridgehead atoms. The van der Waals surface area contributed by atoms with Crippen LogP contribution in [0.15, 0.2) is 0 Å². The van der Waals surface area contributed by atoms with Crippen LogP contribution in [0.1, 0.15) is 23.9 Å². The third-order valence-electron chi connectivity index (χ3n) is 2.36. The fraction of sp³-hybridized carbons (Fsp3) is 0.556. The first-order valence-electron chi connectivity index (χ1n) is 4.66. The van der Waals surface area contributed by atoms with Gasteiger partial charge >= 0.3 is 0 Å². The maximum atomic E-state index is 10.9. The minimum absolute atomic E-state index is 0. The number of carbonyl (C=O) groups excluding carboxylic acids is 1. The maximum absolute atomic E-state index is 10.9. The van der Waals surface area contributed by atoms with Crippen LogP contribution in [0, 0.1) is 0 Å². The highest BCUT2D eigenvalue weighted by molar-refractivity contribution is 8.93. The molecule has 0 saturated heterocycles. The number of nitrogens with two attached hydrogens (primary N) is 1. The molecule has 2 rings (SSSR count). The first-order valence-corrected chi connectivity index (χ1v) is 5.48. The number of amides is 1. The van der Waals surface area contributed by atoms with Crippen molar-refractivity contribution in [2.75, 3.05) is 5.73 Å². The van der Waals surface area contributed by atoms with Crippen molar-refractivity contribution in [2.24, 2.45) is 0 Å². The van der Waals surface area contributed by atoms with E-state index in [1.165, 1.54) is 16.2 Å². The first kappa shape index (κ1) is 12.4. The van der Waals surface area contributed by atoms with E-state index >= 15 is 0 Å². The van der Waals surface area contributed by atoms with Crippen molar-refractivity contribution >= 4 is 39.4 Å². The normalized spacial score (nSPS) is 18.9. The molecule has 4 nitrogen and oxygen atoms in total. The highest BCUT2D eigenvalue weighted by atomic mass is 79.9. The molecule has 0 saturated carbocycles. The second-order valence-corrected chi connectivity index (χ2v) is 4.68. The van der Waals surface area contributed by atoms with Crippen molar-refractivity contribution in [1.29, 1.82) is 0 Å². The van der Waals surface area contributed by atoms with Gasteiger partial charge in [-0.2, -0.15) is 0 Å². The Morgan fingerprint density at radius 1 is 1.67 bits per heavy atom. The molecule has 6 heteroatoms. The molecule has 0 radical (unpaired) electrons. The second kappa shape index (κ2) is 4.94. The molecular weight excluding hydrogens is 278 g/mol. The lowest BCUT2D eigenvalue weighted by atomic mass is 9.98. The average molecular weight is 292 g/mol. The predicted molar refractivity (Wildman–Crippen MR) is 66.5 cm³/mol. The summed E-state index contributed by atoms with van der Waals surface area (Å²) < 4.78 is 0. The second-order valence-electron chi connectivity index (χ2n) is 3.56. The standard InChI is InChI=1S/C9H13N3OS.BrH/c1-5(13)11-6-2-3-7-8(4-6)14-9(10)12-7;/h6H,2-4H2,1H3,(H2,10,12)(H,11,13);1H/t6-;/m0./s1. The van der Waals surface area contributed by atoms with E-state index < -0.39 is 0 Å². The van der Waals surface area contributed by atoms with E-state index in [0.29, 0.717) is 5.13 Å². The fourth-order valence-corrected chi connectivity index (χ4v) is 2.76. The minimum Gasteiger partial charge on any atom is -0.375 e. The summed E-state index contributed by atoms with van der Waals surface area (Å²) >= 11 is 1.54. The molecular formula is C9H14BrN3OS. The van der Waals surface area contributed by atoms with Crippen molar-refractivity contribution < 1.29 is 4.79 Å². The molecule has 0 spiro atoms. The zero-order chi connectivity index (χ0) is 10.1. The Labute approximate surface area is 103 Å². The number of rotatable bonds is 1. The molecule has 1 atom stereocenters. The fourth-order valence-electron chi connectivity index (χ4n) is 1.81. The third kappa shape index (κ3) is 2.92. The number of carbonyl (C=O) groups is 1. The molecule has 0 aliphatic heterocycles. The Hall–Kier alpha value is -0.620. The van der Waals surface area contributed by atoms with Crippen LogP contribution in [-0.4, -0.2) is 16.9 Å². The van der Waals surface area contributed by atoms with Gasteiger partial charge in [-0.25, -0.2) is 4.98 Å². The summed E-state index contributed by atoms with van der Waals surface area (Å²) in [5.74, 6) is 0.0379. The summed E-state index contributed by atoms with van der Waals surface area (Å²) in [7, 11) is 0.